The fourth-order valence-electron chi connectivity index (χ4n) is 11.5. The molecule has 13 heterocycles. The lowest BCUT2D eigenvalue weighted by Gasteiger charge is -2.49. The Kier molecular flexibility index (Phi) is 28.3. The Bertz CT molecular complexity index is 5120. The highest BCUT2D eigenvalue weighted by molar-refractivity contribution is 8.01. The van der Waals surface area contributed by atoms with E-state index in [-0.39, 0.29) is 101 Å². The van der Waals surface area contributed by atoms with Gasteiger partial charge in [-0.15, -0.1) is 92.4 Å². The third kappa shape index (κ3) is 19.2. The average molecular weight is 1770 g/mol. The van der Waals surface area contributed by atoms with Gasteiger partial charge in [0.15, 0.2) is 42.9 Å². The van der Waals surface area contributed by atoms with Crippen molar-refractivity contribution >= 4 is 225 Å². The minimum absolute atomic E-state index is 0.0287. The lowest BCUT2D eigenvalue weighted by atomic mass is 10.0. The number of nitrogens with zero attached hydrogens (tertiary/aromatic N) is 14. The maximum Gasteiger partial charge on any atom is 0.352 e. The van der Waals surface area contributed by atoms with Gasteiger partial charge in [0.1, 0.15) is 86.2 Å². The van der Waals surface area contributed by atoms with Crippen LogP contribution >= 0.6 is 104 Å². The highest BCUT2D eigenvalue weighted by atomic mass is 32.2. The first kappa shape index (κ1) is 86.9. The summed E-state index contributed by atoms with van der Waals surface area (Å²) in [5, 5.41) is 81.5. The van der Waals surface area contributed by atoms with Crippen LogP contribution in [0.5, 0.6) is 0 Å². The Labute approximate surface area is 690 Å². The number of rotatable bonds is 28. The van der Waals surface area contributed by atoms with E-state index in [1.54, 1.807) is 16.1 Å². The van der Waals surface area contributed by atoms with Crippen LogP contribution in [0.3, 0.4) is 0 Å². The summed E-state index contributed by atoms with van der Waals surface area (Å²) in [5.74, 6) is -9.11. The second-order valence-electron chi connectivity index (χ2n) is 24.5. The molecule has 116 heavy (non-hydrogen) atoms. The number of fused-ring (bicyclic) bond motifs is 4. The molecule has 0 radical (unpaired) electrons. The number of nitrogens with two attached hydrogens (primary N) is 4. The van der Waals surface area contributed by atoms with Crippen molar-refractivity contribution in [2.24, 2.45) is 10.3 Å². The topological polar surface area (TPSA) is 645 Å². The third-order valence-electron chi connectivity index (χ3n) is 16.9. The van der Waals surface area contributed by atoms with E-state index in [9.17, 15) is 82.4 Å². The predicted molar refractivity (Wildman–Crippen MR) is 427 cm³/mol. The summed E-state index contributed by atoms with van der Waals surface area (Å²) in [6, 6.07) is -3.57. The van der Waals surface area contributed by atoms with E-state index in [1.807, 2.05) is 19.0 Å². The Morgan fingerprint density at radius 2 is 1.05 bits per heavy atom. The fraction of sp³-hybridized carbons (Fsp3) is 0.312. The van der Waals surface area contributed by atoms with Crippen LogP contribution in [0, 0.1) is 0 Å². The molecule has 4 fully saturated rings. The first-order valence-corrected chi connectivity index (χ1v) is 41.8. The second-order valence-corrected chi connectivity index (χ2v) is 33.5. The molecule has 5 aromatic heterocycles. The molecule has 8 amide bonds. The molecule has 0 aromatic carbocycles. The number of amides is 8. The first-order valence-electron chi connectivity index (χ1n) is 33.1. The molecule has 8 atom stereocenters. The number of allylic oxidation sites excluding steroid dienone is 3. The number of nitrogens with one attached hydrogen (secondary N) is 4. The first-order chi connectivity index (χ1) is 55.2. The van der Waals surface area contributed by atoms with Gasteiger partial charge in [0.2, 0.25) is 6.61 Å². The van der Waals surface area contributed by atoms with E-state index in [0.717, 1.165) is 61.7 Å². The van der Waals surface area contributed by atoms with Gasteiger partial charge in [0, 0.05) is 63.8 Å². The van der Waals surface area contributed by atoms with Crippen LogP contribution in [0.1, 0.15) is 40.9 Å². The molecule has 5 aromatic rings. The van der Waals surface area contributed by atoms with Crippen molar-refractivity contribution in [2.45, 2.75) is 70.7 Å². The van der Waals surface area contributed by atoms with Crippen molar-refractivity contribution in [1.29, 1.82) is 0 Å². The molecule has 4 saturated heterocycles. The summed E-state index contributed by atoms with van der Waals surface area (Å²) < 4.78 is 1.77. The normalized spacial score (nSPS) is 21.2. The quantitative estimate of drug-likeness (QED) is 0.00767. The van der Waals surface area contributed by atoms with Gasteiger partial charge in [-0.2, -0.15) is 5.10 Å². The number of hydrogen-bond acceptors (Lipinski definition) is 38. The summed E-state index contributed by atoms with van der Waals surface area (Å²) in [4.78, 5) is 200. The number of nitrogen functional groups attached to an aromatic ring is 4. The molecule has 13 rings (SSSR count). The molecule has 0 saturated carbocycles. The van der Waals surface area contributed by atoms with Crippen LogP contribution in [0.2, 0.25) is 0 Å². The lowest BCUT2D eigenvalue weighted by molar-refractivity contribution is -0.150. The van der Waals surface area contributed by atoms with Gasteiger partial charge in [-0.25, -0.2) is 48.8 Å². The number of carboxylic acids is 5. The summed E-state index contributed by atoms with van der Waals surface area (Å²) >= 11 is 11.1. The average Bonchev–Trinajstić information content (AvgIpc) is 1.04. The number of carboxylic acid groups (broad SMARTS) is 5. The maximum atomic E-state index is 12.8. The van der Waals surface area contributed by atoms with E-state index >= 15 is 0 Å². The zero-order valence-corrected chi connectivity index (χ0v) is 67.5. The number of ketones is 1. The van der Waals surface area contributed by atoms with Crippen molar-refractivity contribution in [3.8, 4) is 0 Å². The van der Waals surface area contributed by atoms with E-state index in [4.69, 9.17) is 38.4 Å². The van der Waals surface area contributed by atoms with Crippen molar-refractivity contribution in [1.82, 2.24) is 80.5 Å². The minimum Gasteiger partial charge on any atom is -0.481 e. The summed E-state index contributed by atoms with van der Waals surface area (Å²) in [6.07, 6.45) is 6.80. The standard InChI is InChI=1S/C18H22N8O4S3.C16H15N5O7S2.C16H16N4O5S2.C14H13N5O5S2/c1-24(2)3-4-25-18(20-8-21-25)33-6-9-5-31-15-11(14(28)26(15)12(9)16(29)30)23-13(27)10-7-32-17(19)22-10;1-2-6-4-29-14-10(13(25)21(14)11(6)15(26)27)19-12(24)9(20-28-3-8(22)23)7-5-30-16(17)18-7;1-7(21)10-4-5-26-15-12(14(25)20(10)15)19-13(24)8(2-3-11(22)23)9-6-27-16(17)18-9;1-2-5-3-25-12-8(11(21)19(12)9(5)13(22)23)17-10(20)7(18-24)6-4-26-14(15)16-6/h7-8,11,15H,3-6H2,1-2H3,(H2,19,22)(H,23,27)(H,29,30);2,5,10,14H,1,3-4H2,(H2,17,18)(H,19,24)(H,22,23)(H,26,27);2,4,6,12,15H,3,5H2,1H3,(H2,17,18)(H,19,24)(H,22,23);2,4,8,12,24H,1,3H2,(H2,15,16)(H,17,20)(H,22,23)/b;20-9-;8-2+;18-7-/t11-,15-;10-,14-;12-,15-;8-,12-/m1111/s1. The Morgan fingerprint density at radius 1 is 0.603 bits per heavy atom. The number of β-lactam (4-membered cyclic amide) rings is 4. The Morgan fingerprint density at radius 3 is 1.51 bits per heavy atom. The number of thiazole rings is 4. The molecule has 612 valence electrons. The molecule has 0 unspecified atom stereocenters. The predicted octanol–water partition coefficient (Wildman–Crippen LogP) is -0.237. The number of aliphatic carboxylic acids is 5. The van der Waals surface area contributed by atoms with Crippen molar-refractivity contribution in [3.05, 3.63) is 128 Å². The van der Waals surface area contributed by atoms with Crippen molar-refractivity contribution in [3.63, 3.8) is 0 Å². The summed E-state index contributed by atoms with van der Waals surface area (Å²) in [6.45, 7) is 9.17. The number of thioether (sulfide) groups is 5. The van der Waals surface area contributed by atoms with Gasteiger partial charge >= 0.3 is 29.8 Å². The smallest absolute Gasteiger partial charge is 0.352 e. The van der Waals surface area contributed by atoms with Gasteiger partial charge in [0.05, 0.1) is 29.9 Å². The number of carbonyl (C=O) groups is 14. The highest BCUT2D eigenvalue weighted by Gasteiger charge is 2.58. The molecule has 43 nitrogen and oxygen atoms in total. The largest absolute Gasteiger partial charge is 0.481 e. The van der Waals surface area contributed by atoms with E-state index in [0.29, 0.717) is 62.9 Å². The maximum absolute atomic E-state index is 12.8. The van der Waals surface area contributed by atoms with Crippen LogP contribution in [-0.4, -0.2) is 286 Å². The summed E-state index contributed by atoms with van der Waals surface area (Å²) in [7, 11) is 3.94. The van der Waals surface area contributed by atoms with E-state index < -0.39 is 118 Å². The third-order valence-corrected chi connectivity index (χ3v) is 25.8. The minimum atomic E-state index is -1.30. The lowest BCUT2D eigenvalue weighted by Crippen LogP contribution is -2.71. The SMILES string of the molecule is C=CC1=C(C(=O)O)N2C(=O)[C@@H](NC(=O)/C(=N\O)c3csc(N)n3)[C@H]2SC1.C=CC1=C(C(=O)O)N2C(=O)[C@@H](NC(=O)/C(=N\OCC(=O)O)c3csc(N)n3)[C@H]2SC1.CC(=O)C1=CCS[C@@H]2[C@H](NC(=O)/C(=C/CC(=O)O)c3csc(N)n3)C(=O)N12.CN(C)CCn1ncnc1SCC1=C(C(=O)O)N2C(=O)[C@@H](NC(=O)c3csc(N)n3)[C@H]2SC1. The van der Waals surface area contributed by atoms with Gasteiger partial charge in [-0.1, -0.05) is 53.5 Å². The van der Waals surface area contributed by atoms with E-state index in [2.05, 4.69) is 79.6 Å². The van der Waals surface area contributed by atoms with Crippen LogP contribution in [0.25, 0.3) is 5.57 Å². The molecule has 18 N–H and O–H groups in total. The molecule has 52 heteroatoms. The van der Waals surface area contributed by atoms with Crippen molar-refractivity contribution < 1.29 is 103 Å². The summed E-state index contributed by atoms with van der Waals surface area (Å²) in [5.41, 5.74) is 23.5. The van der Waals surface area contributed by atoms with Crippen LogP contribution in [0.4, 0.5) is 20.5 Å². The zero-order chi connectivity index (χ0) is 84.4. The van der Waals surface area contributed by atoms with Crippen LogP contribution in [0.15, 0.2) is 120 Å². The van der Waals surface area contributed by atoms with Crippen LogP contribution < -0.4 is 44.2 Å². The van der Waals surface area contributed by atoms with Gasteiger partial charge in [0.25, 0.3) is 47.3 Å². The molecule has 8 aliphatic rings. The molecular weight excluding hydrogens is 1700 g/mol. The number of carbonyl (C=O) groups excluding carboxylic acids is 9. The van der Waals surface area contributed by atoms with Gasteiger partial charge in [-0.05, 0) is 36.9 Å². The molecule has 0 aliphatic carbocycles. The second kappa shape index (κ2) is 37.8. The molecule has 0 spiro atoms. The molecule has 8 aliphatic heterocycles. The number of anilines is 4. The monoisotopic (exact) mass is 1770 g/mol. The number of oxime groups is 2. The van der Waals surface area contributed by atoms with Crippen molar-refractivity contribution in [2.75, 3.05) is 78.9 Å². The van der Waals surface area contributed by atoms with E-state index in [1.165, 1.54) is 116 Å². The van der Waals surface area contributed by atoms with Gasteiger partial charge in [-0.3, -0.25) is 67.5 Å². The fourth-order valence-corrected chi connectivity index (χ4v) is 20.0. The highest BCUT2D eigenvalue weighted by Crippen LogP contribution is 2.45. The molecule has 0 bridgehead atoms. The number of aromatic nitrogens is 7. The Hall–Kier alpha value is -11.5. The number of hydrogen-bond donors (Lipinski definition) is 14. The van der Waals surface area contributed by atoms with Gasteiger partial charge < -0.3 is 84.7 Å². The number of likely N-dealkylation sites (N-methyl/N-ethyl adjacent to an activating group) is 1. The Balaban J connectivity index is 0.000000164. The molecular formula is C64H66N22O21S9. The zero-order valence-electron chi connectivity index (χ0n) is 60.1. The number of Topliss-reactive ketones (excluding diaryl/α,β-unsaturated/α-hetero) is 1. The van der Waals surface area contributed by atoms with Crippen LogP contribution in [-0.2, 0) is 73.7 Å².